The third kappa shape index (κ3) is 3.93. The highest BCUT2D eigenvalue weighted by Gasteiger charge is 2.18. The minimum atomic E-state index is -1.22. The van der Waals surface area contributed by atoms with Crippen LogP contribution in [0.4, 0.5) is 0 Å². The van der Waals surface area contributed by atoms with Crippen LogP contribution in [0.1, 0.15) is 37.5 Å². The first-order valence-electron chi connectivity index (χ1n) is 5.44. The van der Waals surface area contributed by atoms with Crippen molar-refractivity contribution in [2.45, 2.75) is 39.4 Å². The van der Waals surface area contributed by atoms with Gasteiger partial charge in [-0.15, -0.1) is 0 Å². The third-order valence-electron chi connectivity index (χ3n) is 2.28. The van der Waals surface area contributed by atoms with Crippen molar-refractivity contribution in [2.75, 3.05) is 0 Å². The number of aryl methyl sites for hydroxylation is 2. The van der Waals surface area contributed by atoms with E-state index in [1.54, 1.807) is 6.21 Å². The maximum absolute atomic E-state index is 11.8. The maximum Gasteiger partial charge on any atom is 0.144 e. The monoisotopic (exact) mass is 271 g/mol. The molecule has 1 rings (SSSR count). The fourth-order valence-electron chi connectivity index (χ4n) is 1.32. The van der Waals surface area contributed by atoms with Gasteiger partial charge in [-0.1, -0.05) is 11.6 Å². The highest BCUT2D eigenvalue weighted by Crippen LogP contribution is 2.21. The summed E-state index contributed by atoms with van der Waals surface area (Å²) in [7, 11) is -1.22. The lowest BCUT2D eigenvalue weighted by molar-refractivity contribution is 0.651. The van der Waals surface area contributed by atoms with Crippen LogP contribution < -0.4 is 0 Å². The lowest BCUT2D eigenvalue weighted by Gasteiger charge is -2.12. The van der Waals surface area contributed by atoms with Crippen LogP contribution in [0.2, 0.25) is 5.02 Å². The van der Waals surface area contributed by atoms with Crippen LogP contribution >= 0.6 is 11.6 Å². The molecule has 0 aliphatic heterocycles. The number of hydrogen-bond donors (Lipinski definition) is 0. The molecule has 2 nitrogen and oxygen atoms in total. The van der Waals surface area contributed by atoms with Crippen molar-refractivity contribution < 1.29 is 4.21 Å². The Balaban J connectivity index is 2.97. The fraction of sp³-hybridized carbons (Fsp3) is 0.462. The number of hydrogen-bond acceptors (Lipinski definition) is 1. The number of rotatable bonds is 2. The Morgan fingerprint density at radius 1 is 1.24 bits per heavy atom. The second-order valence-electron chi connectivity index (χ2n) is 5.06. The lowest BCUT2D eigenvalue weighted by atomic mass is 10.1. The van der Waals surface area contributed by atoms with Crippen molar-refractivity contribution in [3.8, 4) is 0 Å². The normalized spacial score (nSPS) is 14.2. The van der Waals surface area contributed by atoms with Gasteiger partial charge in [0.05, 0.1) is 4.75 Å². The lowest BCUT2D eigenvalue weighted by Crippen LogP contribution is -2.19. The maximum atomic E-state index is 11.8. The molecule has 0 heterocycles. The smallest absolute Gasteiger partial charge is 0.144 e. The van der Waals surface area contributed by atoms with Crippen LogP contribution in [0.5, 0.6) is 0 Å². The topological polar surface area (TPSA) is 29.4 Å². The zero-order valence-electron chi connectivity index (χ0n) is 10.9. The molecule has 94 valence electrons. The van der Waals surface area contributed by atoms with E-state index in [0.717, 1.165) is 21.7 Å². The van der Waals surface area contributed by atoms with Crippen LogP contribution in [-0.2, 0) is 11.0 Å². The highest BCUT2D eigenvalue weighted by molar-refractivity contribution is 7.85. The summed E-state index contributed by atoms with van der Waals surface area (Å²) in [6, 6.07) is 3.89. The summed E-state index contributed by atoms with van der Waals surface area (Å²) in [5.41, 5.74) is 2.95. The van der Waals surface area contributed by atoms with Crippen molar-refractivity contribution in [3.63, 3.8) is 0 Å². The van der Waals surface area contributed by atoms with Crippen LogP contribution in [0.25, 0.3) is 0 Å². The SMILES string of the molecule is Cc1cc(/C=N/[S@](=O)C(C)(C)C)cc(C)c1Cl. The fourth-order valence-corrected chi connectivity index (χ4v) is 1.96. The molecule has 0 bridgehead atoms. The molecule has 1 atom stereocenters. The standard InChI is InChI=1S/C13H18ClNOS/c1-9-6-11(7-10(2)12(9)14)8-15-17(16)13(3,4)5/h6-8H,1-5H3/b15-8+/t17-/m1/s1. The van der Waals surface area contributed by atoms with E-state index in [1.807, 2.05) is 46.8 Å². The Bertz CT molecular complexity index is 452. The molecule has 0 aliphatic carbocycles. The van der Waals surface area contributed by atoms with Crippen molar-refractivity contribution in [2.24, 2.45) is 4.40 Å². The first-order valence-corrected chi connectivity index (χ1v) is 6.93. The van der Waals surface area contributed by atoms with E-state index < -0.39 is 11.0 Å². The van der Waals surface area contributed by atoms with E-state index in [1.165, 1.54) is 0 Å². The van der Waals surface area contributed by atoms with E-state index in [2.05, 4.69) is 4.40 Å². The van der Waals surface area contributed by atoms with Crippen molar-refractivity contribution in [3.05, 3.63) is 33.8 Å². The van der Waals surface area contributed by atoms with Gasteiger partial charge >= 0.3 is 0 Å². The quantitative estimate of drug-likeness (QED) is 0.752. The second-order valence-corrected chi connectivity index (χ2v) is 7.38. The molecule has 1 aromatic rings. The molecular weight excluding hydrogens is 254 g/mol. The van der Waals surface area contributed by atoms with Gasteiger partial charge in [-0.2, -0.15) is 4.40 Å². The average molecular weight is 272 g/mol. The van der Waals surface area contributed by atoms with Crippen molar-refractivity contribution in [1.29, 1.82) is 0 Å². The molecule has 0 aliphatic rings. The molecule has 0 amide bonds. The average Bonchev–Trinajstić information content (AvgIpc) is 2.20. The molecule has 0 N–H and O–H groups in total. The summed E-state index contributed by atoms with van der Waals surface area (Å²) >= 11 is 6.08. The third-order valence-corrected chi connectivity index (χ3v) is 4.22. The molecular formula is C13H18ClNOS. The Labute approximate surface area is 111 Å². The van der Waals surface area contributed by atoms with Crippen LogP contribution in [0.3, 0.4) is 0 Å². The number of benzene rings is 1. The summed E-state index contributed by atoms with van der Waals surface area (Å²) < 4.78 is 15.5. The summed E-state index contributed by atoms with van der Waals surface area (Å²) in [4.78, 5) is 0. The molecule has 0 spiro atoms. The second kappa shape index (κ2) is 5.32. The largest absolute Gasteiger partial charge is 0.234 e. The Morgan fingerprint density at radius 2 is 1.71 bits per heavy atom. The Kier molecular flexibility index (Phi) is 4.50. The number of nitrogens with zero attached hydrogens (tertiary/aromatic N) is 1. The summed E-state index contributed by atoms with van der Waals surface area (Å²) in [5, 5.41) is 0.777. The van der Waals surface area contributed by atoms with Gasteiger partial charge < -0.3 is 0 Å². The van der Waals surface area contributed by atoms with Gasteiger partial charge in [-0.3, -0.25) is 0 Å². The highest BCUT2D eigenvalue weighted by atomic mass is 35.5. The van der Waals surface area contributed by atoms with E-state index >= 15 is 0 Å². The summed E-state index contributed by atoms with van der Waals surface area (Å²) in [6.07, 6.45) is 1.65. The Hall–Kier alpha value is -0.670. The van der Waals surface area contributed by atoms with E-state index in [4.69, 9.17) is 11.6 Å². The zero-order chi connectivity index (χ0) is 13.2. The van der Waals surface area contributed by atoms with Crippen LogP contribution in [0.15, 0.2) is 16.5 Å². The predicted molar refractivity (Wildman–Crippen MR) is 76.4 cm³/mol. The molecule has 0 saturated heterocycles. The first kappa shape index (κ1) is 14.4. The van der Waals surface area contributed by atoms with E-state index in [0.29, 0.717) is 0 Å². The van der Waals surface area contributed by atoms with Gasteiger partial charge in [-0.25, -0.2) is 4.21 Å². The van der Waals surface area contributed by atoms with Gasteiger partial charge in [0.2, 0.25) is 0 Å². The summed E-state index contributed by atoms with van der Waals surface area (Å²) in [6.45, 7) is 9.61. The van der Waals surface area contributed by atoms with Gasteiger partial charge in [0.1, 0.15) is 11.0 Å². The number of halogens is 1. The molecule has 0 saturated carbocycles. The van der Waals surface area contributed by atoms with Gasteiger partial charge in [0.25, 0.3) is 0 Å². The van der Waals surface area contributed by atoms with Crippen molar-refractivity contribution in [1.82, 2.24) is 0 Å². The van der Waals surface area contributed by atoms with Crippen LogP contribution in [0, 0.1) is 13.8 Å². The minimum Gasteiger partial charge on any atom is -0.234 e. The molecule has 0 unspecified atom stereocenters. The Morgan fingerprint density at radius 3 is 2.12 bits per heavy atom. The zero-order valence-corrected chi connectivity index (χ0v) is 12.4. The van der Waals surface area contributed by atoms with Gasteiger partial charge in [0, 0.05) is 11.2 Å². The molecule has 0 aromatic heterocycles. The minimum absolute atomic E-state index is 0.326. The molecule has 17 heavy (non-hydrogen) atoms. The van der Waals surface area contributed by atoms with Crippen LogP contribution in [-0.4, -0.2) is 15.2 Å². The van der Waals surface area contributed by atoms with E-state index in [9.17, 15) is 4.21 Å². The molecule has 0 radical (unpaired) electrons. The van der Waals surface area contributed by atoms with E-state index in [-0.39, 0.29) is 4.75 Å². The molecule has 4 heteroatoms. The molecule has 1 aromatic carbocycles. The predicted octanol–water partition coefficient (Wildman–Crippen LogP) is 3.84. The summed E-state index contributed by atoms with van der Waals surface area (Å²) in [5.74, 6) is 0. The van der Waals surface area contributed by atoms with Gasteiger partial charge in [0.15, 0.2) is 0 Å². The molecule has 0 fully saturated rings. The first-order chi connectivity index (χ1) is 7.71. The van der Waals surface area contributed by atoms with Crippen molar-refractivity contribution >= 4 is 28.8 Å². The van der Waals surface area contributed by atoms with Gasteiger partial charge in [-0.05, 0) is 63.4 Å².